The SMILES string of the molecule is Cc1c(Cl)cc(O)c(O)c1C1(N=C=O)CCC1. The summed E-state index contributed by atoms with van der Waals surface area (Å²) in [4.78, 5) is 14.3. The number of aliphatic imine (C=N–C) groups is 1. The van der Waals surface area contributed by atoms with Crippen LogP contribution in [0.25, 0.3) is 0 Å². The summed E-state index contributed by atoms with van der Waals surface area (Å²) in [6.07, 6.45) is 3.75. The van der Waals surface area contributed by atoms with E-state index < -0.39 is 5.54 Å². The van der Waals surface area contributed by atoms with E-state index in [1.54, 1.807) is 13.0 Å². The van der Waals surface area contributed by atoms with Gasteiger partial charge in [0.1, 0.15) is 5.54 Å². The fourth-order valence-electron chi connectivity index (χ4n) is 2.31. The zero-order chi connectivity index (χ0) is 12.6. The maximum absolute atomic E-state index is 10.5. The highest BCUT2D eigenvalue weighted by Crippen LogP contribution is 2.52. The molecular weight excluding hydrogens is 242 g/mol. The number of aromatic hydroxyl groups is 2. The summed E-state index contributed by atoms with van der Waals surface area (Å²) in [6, 6.07) is 1.28. The van der Waals surface area contributed by atoms with Gasteiger partial charge in [0.15, 0.2) is 11.5 Å². The first kappa shape index (κ1) is 12.0. The van der Waals surface area contributed by atoms with Crippen LogP contribution in [0.2, 0.25) is 5.02 Å². The van der Waals surface area contributed by atoms with E-state index >= 15 is 0 Å². The van der Waals surface area contributed by atoms with Crippen molar-refractivity contribution in [2.75, 3.05) is 0 Å². The molecule has 1 aromatic carbocycles. The Hall–Kier alpha value is -1.51. The number of phenols is 2. The molecule has 17 heavy (non-hydrogen) atoms. The molecule has 1 fully saturated rings. The standard InChI is InChI=1S/C12H12ClNO3/c1-7-8(13)5-9(16)11(17)10(7)12(14-6-15)3-2-4-12/h5,16-17H,2-4H2,1H3. The zero-order valence-electron chi connectivity index (χ0n) is 9.33. The third-order valence-corrected chi connectivity index (χ3v) is 3.77. The summed E-state index contributed by atoms with van der Waals surface area (Å²) in [5.41, 5.74) is 0.316. The minimum atomic E-state index is -0.766. The molecule has 90 valence electrons. The van der Waals surface area contributed by atoms with E-state index in [4.69, 9.17) is 11.6 Å². The van der Waals surface area contributed by atoms with E-state index in [1.165, 1.54) is 6.07 Å². The van der Waals surface area contributed by atoms with E-state index in [2.05, 4.69) is 4.99 Å². The van der Waals surface area contributed by atoms with Crippen molar-refractivity contribution in [3.63, 3.8) is 0 Å². The van der Waals surface area contributed by atoms with Crippen LogP contribution in [-0.4, -0.2) is 16.3 Å². The number of nitrogens with zero attached hydrogens (tertiary/aromatic N) is 1. The van der Waals surface area contributed by atoms with Gasteiger partial charge in [0.05, 0.1) is 0 Å². The summed E-state index contributed by atoms with van der Waals surface area (Å²) in [5, 5.41) is 19.9. The largest absolute Gasteiger partial charge is 0.504 e. The van der Waals surface area contributed by atoms with Gasteiger partial charge < -0.3 is 10.2 Å². The molecule has 1 aliphatic rings. The quantitative estimate of drug-likeness (QED) is 0.484. The summed E-state index contributed by atoms with van der Waals surface area (Å²) < 4.78 is 0. The molecular formula is C12H12ClNO3. The molecule has 2 rings (SSSR count). The van der Waals surface area contributed by atoms with Crippen LogP contribution >= 0.6 is 11.6 Å². The third kappa shape index (κ3) is 1.70. The Labute approximate surface area is 104 Å². The van der Waals surface area contributed by atoms with Gasteiger partial charge in [0.2, 0.25) is 6.08 Å². The fraction of sp³-hybridized carbons (Fsp3) is 0.417. The molecule has 0 saturated heterocycles. The number of hydrogen-bond donors (Lipinski definition) is 2. The summed E-state index contributed by atoms with van der Waals surface area (Å²) in [7, 11) is 0. The topological polar surface area (TPSA) is 69.9 Å². The highest BCUT2D eigenvalue weighted by molar-refractivity contribution is 6.31. The van der Waals surface area contributed by atoms with Crippen LogP contribution in [-0.2, 0) is 10.3 Å². The lowest BCUT2D eigenvalue weighted by Gasteiger charge is -2.38. The minimum Gasteiger partial charge on any atom is -0.504 e. The Morgan fingerprint density at radius 3 is 2.59 bits per heavy atom. The molecule has 1 aromatic rings. The van der Waals surface area contributed by atoms with E-state index in [0.717, 1.165) is 6.42 Å². The van der Waals surface area contributed by atoms with Crippen molar-refractivity contribution in [1.82, 2.24) is 0 Å². The van der Waals surface area contributed by atoms with E-state index in [1.807, 2.05) is 0 Å². The summed E-state index contributed by atoms with van der Waals surface area (Å²) >= 11 is 5.97. The second kappa shape index (κ2) is 4.06. The van der Waals surface area contributed by atoms with Gasteiger partial charge in [0.25, 0.3) is 0 Å². The lowest BCUT2D eigenvalue weighted by molar-refractivity contribution is 0.244. The Morgan fingerprint density at radius 2 is 2.12 bits per heavy atom. The van der Waals surface area contributed by atoms with E-state index in [0.29, 0.717) is 29.0 Å². The van der Waals surface area contributed by atoms with Crippen molar-refractivity contribution in [3.05, 3.63) is 22.2 Å². The molecule has 1 saturated carbocycles. The third-order valence-electron chi connectivity index (χ3n) is 3.38. The second-order valence-electron chi connectivity index (χ2n) is 4.31. The summed E-state index contributed by atoms with van der Waals surface area (Å²) in [5.74, 6) is -0.534. The van der Waals surface area contributed by atoms with Crippen LogP contribution in [0.15, 0.2) is 11.1 Å². The smallest absolute Gasteiger partial charge is 0.235 e. The molecule has 0 radical (unpaired) electrons. The Balaban J connectivity index is 2.69. The van der Waals surface area contributed by atoms with Gasteiger partial charge in [-0.15, -0.1) is 0 Å². The van der Waals surface area contributed by atoms with Gasteiger partial charge >= 0.3 is 0 Å². The lowest BCUT2D eigenvalue weighted by atomic mass is 9.70. The molecule has 0 heterocycles. The zero-order valence-corrected chi connectivity index (χ0v) is 10.1. The Kier molecular flexibility index (Phi) is 2.86. The van der Waals surface area contributed by atoms with Gasteiger partial charge in [0, 0.05) is 16.7 Å². The average molecular weight is 254 g/mol. The van der Waals surface area contributed by atoms with Crippen molar-refractivity contribution in [2.45, 2.75) is 31.7 Å². The van der Waals surface area contributed by atoms with E-state index in [9.17, 15) is 15.0 Å². The first-order chi connectivity index (χ1) is 8.02. The van der Waals surface area contributed by atoms with Gasteiger partial charge in [-0.3, -0.25) is 0 Å². The number of isocyanates is 1. The molecule has 0 atom stereocenters. The maximum atomic E-state index is 10.5. The maximum Gasteiger partial charge on any atom is 0.235 e. The van der Waals surface area contributed by atoms with Gasteiger partial charge in [-0.2, -0.15) is 4.99 Å². The minimum absolute atomic E-state index is 0.245. The first-order valence-corrected chi connectivity index (χ1v) is 5.70. The Morgan fingerprint density at radius 1 is 1.47 bits per heavy atom. The van der Waals surface area contributed by atoms with Crippen molar-refractivity contribution >= 4 is 17.7 Å². The number of benzene rings is 1. The monoisotopic (exact) mass is 253 g/mol. The molecule has 0 aromatic heterocycles. The molecule has 0 amide bonds. The molecule has 0 bridgehead atoms. The fourth-order valence-corrected chi connectivity index (χ4v) is 2.51. The van der Waals surface area contributed by atoms with Crippen molar-refractivity contribution in [2.24, 2.45) is 4.99 Å². The second-order valence-corrected chi connectivity index (χ2v) is 4.72. The van der Waals surface area contributed by atoms with Gasteiger partial charge in [-0.25, -0.2) is 4.79 Å². The molecule has 5 heteroatoms. The van der Waals surface area contributed by atoms with Gasteiger partial charge in [-0.05, 0) is 31.7 Å². The van der Waals surface area contributed by atoms with Crippen LogP contribution in [0, 0.1) is 6.92 Å². The predicted molar refractivity (Wildman–Crippen MR) is 63.2 cm³/mol. The molecule has 0 aliphatic heterocycles. The van der Waals surface area contributed by atoms with Crippen molar-refractivity contribution < 1.29 is 15.0 Å². The van der Waals surface area contributed by atoms with Crippen LogP contribution in [0.3, 0.4) is 0 Å². The number of phenolic OH excluding ortho intramolecular Hbond substituents is 2. The number of hydrogen-bond acceptors (Lipinski definition) is 4. The summed E-state index contributed by atoms with van der Waals surface area (Å²) in [6.45, 7) is 1.73. The Bertz CT molecular complexity index is 491. The van der Waals surface area contributed by atoms with Crippen molar-refractivity contribution in [3.8, 4) is 11.5 Å². The van der Waals surface area contributed by atoms with Crippen LogP contribution in [0.5, 0.6) is 11.5 Å². The predicted octanol–water partition coefficient (Wildman–Crippen LogP) is 2.77. The van der Waals surface area contributed by atoms with Crippen LogP contribution in [0.1, 0.15) is 30.4 Å². The molecule has 0 unspecified atom stereocenters. The normalized spacial score (nSPS) is 17.1. The van der Waals surface area contributed by atoms with Gasteiger partial charge in [-0.1, -0.05) is 11.6 Å². The molecule has 1 aliphatic carbocycles. The van der Waals surface area contributed by atoms with Crippen LogP contribution < -0.4 is 0 Å². The number of rotatable bonds is 2. The molecule has 0 spiro atoms. The molecule has 4 nitrogen and oxygen atoms in total. The highest BCUT2D eigenvalue weighted by Gasteiger charge is 2.43. The van der Waals surface area contributed by atoms with Crippen molar-refractivity contribution in [1.29, 1.82) is 0 Å². The molecule has 2 N–H and O–H groups in total. The average Bonchev–Trinajstić information content (AvgIpc) is 2.23. The van der Waals surface area contributed by atoms with Crippen LogP contribution in [0.4, 0.5) is 0 Å². The van der Waals surface area contributed by atoms with E-state index in [-0.39, 0.29) is 11.5 Å². The first-order valence-electron chi connectivity index (χ1n) is 5.32. The highest BCUT2D eigenvalue weighted by atomic mass is 35.5. The number of halogens is 1. The lowest BCUT2D eigenvalue weighted by Crippen LogP contribution is -2.32. The number of carbonyl (C=O) groups excluding carboxylic acids is 1.